The van der Waals surface area contributed by atoms with Crippen LogP contribution in [0.25, 0.3) is 0 Å². The first-order valence-electron chi connectivity index (χ1n) is 10.5. The highest BCUT2D eigenvalue weighted by atomic mass is 16.5. The molecule has 0 bridgehead atoms. The second-order valence-electron chi connectivity index (χ2n) is 8.37. The van der Waals surface area contributed by atoms with Crippen molar-refractivity contribution in [2.75, 3.05) is 42.8 Å². The number of methoxy groups -OCH3 is 1. The Morgan fingerprint density at radius 1 is 0.906 bits per heavy atom. The summed E-state index contributed by atoms with van der Waals surface area (Å²) in [7, 11) is 1.62. The molecule has 4 N–H and O–H groups in total. The van der Waals surface area contributed by atoms with Crippen LogP contribution >= 0.6 is 0 Å². The van der Waals surface area contributed by atoms with Gasteiger partial charge in [0, 0.05) is 48.3 Å². The molecule has 0 aliphatic carbocycles. The molecule has 2 rings (SSSR count). The Morgan fingerprint density at radius 3 is 2.25 bits per heavy atom. The zero-order chi connectivity index (χ0) is 23.6. The summed E-state index contributed by atoms with van der Waals surface area (Å²) in [5.41, 5.74) is 1.84. The van der Waals surface area contributed by atoms with E-state index in [0.717, 1.165) is 6.42 Å². The van der Waals surface area contributed by atoms with Crippen LogP contribution in [0.2, 0.25) is 0 Å². The van der Waals surface area contributed by atoms with Gasteiger partial charge in [-0.25, -0.2) is 0 Å². The van der Waals surface area contributed by atoms with Crippen molar-refractivity contribution in [1.82, 2.24) is 5.32 Å². The van der Waals surface area contributed by atoms with E-state index in [2.05, 4.69) is 21.3 Å². The maximum absolute atomic E-state index is 12.3. The molecule has 8 nitrogen and oxygen atoms in total. The molecule has 0 fully saturated rings. The van der Waals surface area contributed by atoms with E-state index >= 15 is 0 Å². The van der Waals surface area contributed by atoms with Gasteiger partial charge < -0.3 is 26.0 Å². The lowest BCUT2D eigenvalue weighted by Crippen LogP contribution is -2.27. The molecular formula is C24H32N4O4. The molecule has 0 aromatic heterocycles. The second-order valence-corrected chi connectivity index (χ2v) is 8.37. The lowest BCUT2D eigenvalue weighted by Gasteiger charge is -2.18. The van der Waals surface area contributed by atoms with Gasteiger partial charge >= 0.3 is 0 Å². The lowest BCUT2D eigenvalue weighted by molar-refractivity contribution is -0.123. The molecule has 0 unspecified atom stereocenters. The van der Waals surface area contributed by atoms with Crippen molar-refractivity contribution in [2.24, 2.45) is 5.41 Å². The number of benzene rings is 2. The van der Waals surface area contributed by atoms with Crippen LogP contribution in [0.5, 0.6) is 0 Å². The first-order chi connectivity index (χ1) is 15.2. The summed E-state index contributed by atoms with van der Waals surface area (Å²) in [6, 6.07) is 13.9. The molecule has 8 heteroatoms. The van der Waals surface area contributed by atoms with E-state index < -0.39 is 5.41 Å². The predicted molar refractivity (Wildman–Crippen MR) is 127 cm³/mol. The van der Waals surface area contributed by atoms with E-state index in [4.69, 9.17) is 4.74 Å². The summed E-state index contributed by atoms with van der Waals surface area (Å²) in [6.07, 6.45) is 0.738. The molecule has 0 aliphatic heterocycles. The molecule has 0 saturated carbocycles. The molecular weight excluding hydrogens is 408 g/mol. The van der Waals surface area contributed by atoms with Crippen molar-refractivity contribution < 1.29 is 19.1 Å². The topological polar surface area (TPSA) is 109 Å². The molecule has 0 radical (unpaired) electrons. The van der Waals surface area contributed by atoms with Crippen molar-refractivity contribution in [3.05, 3.63) is 54.1 Å². The highest BCUT2D eigenvalue weighted by Gasteiger charge is 2.21. The van der Waals surface area contributed by atoms with Crippen LogP contribution in [0.15, 0.2) is 48.5 Å². The summed E-state index contributed by atoms with van der Waals surface area (Å²) < 4.78 is 4.96. The summed E-state index contributed by atoms with van der Waals surface area (Å²) in [5, 5.41) is 11.5. The summed E-state index contributed by atoms with van der Waals surface area (Å²) >= 11 is 0. The van der Waals surface area contributed by atoms with Crippen molar-refractivity contribution >= 4 is 34.8 Å². The first kappa shape index (κ1) is 24.9. The van der Waals surface area contributed by atoms with E-state index in [1.54, 1.807) is 55.6 Å². The van der Waals surface area contributed by atoms with E-state index in [1.165, 1.54) is 0 Å². The van der Waals surface area contributed by atoms with Gasteiger partial charge in [-0.1, -0.05) is 32.9 Å². The fraction of sp³-hybridized carbons (Fsp3) is 0.375. The molecule has 2 aromatic carbocycles. The van der Waals surface area contributed by atoms with Crippen LogP contribution in [-0.4, -0.2) is 44.5 Å². The van der Waals surface area contributed by atoms with Gasteiger partial charge in [0.1, 0.15) is 0 Å². The second kappa shape index (κ2) is 11.9. The number of nitrogens with one attached hydrogen (secondary N) is 4. The standard InChI is InChI=1S/C24H32N4O4/c1-24(2,3)23(31)28-20-11-6-10-19(15-20)27-21(29)16-26-18-9-5-8-17(14-18)22(30)25-12-7-13-32-4/h5-6,8-11,14-15,26H,7,12-13,16H2,1-4H3,(H,25,30)(H,27,29)(H,28,31). The van der Waals surface area contributed by atoms with E-state index in [0.29, 0.717) is 35.8 Å². The van der Waals surface area contributed by atoms with Crippen LogP contribution in [0, 0.1) is 5.41 Å². The minimum atomic E-state index is -0.515. The number of amides is 3. The van der Waals surface area contributed by atoms with Gasteiger partial charge in [0.25, 0.3) is 5.91 Å². The fourth-order valence-electron chi connectivity index (χ4n) is 2.67. The average Bonchev–Trinajstić information content (AvgIpc) is 2.75. The smallest absolute Gasteiger partial charge is 0.251 e. The molecule has 0 saturated heterocycles. The normalized spacial score (nSPS) is 10.9. The lowest BCUT2D eigenvalue weighted by atomic mass is 9.95. The maximum atomic E-state index is 12.3. The molecule has 0 spiro atoms. The largest absolute Gasteiger partial charge is 0.385 e. The molecule has 0 aliphatic rings. The van der Waals surface area contributed by atoms with Gasteiger partial charge in [0.15, 0.2) is 0 Å². The number of hydrogen-bond acceptors (Lipinski definition) is 5. The van der Waals surface area contributed by atoms with Crippen LogP contribution in [0.1, 0.15) is 37.6 Å². The van der Waals surface area contributed by atoms with Gasteiger partial charge in [-0.2, -0.15) is 0 Å². The highest BCUT2D eigenvalue weighted by molar-refractivity contribution is 5.98. The Labute approximate surface area is 189 Å². The van der Waals surface area contributed by atoms with Crippen molar-refractivity contribution in [2.45, 2.75) is 27.2 Å². The van der Waals surface area contributed by atoms with Crippen LogP contribution in [-0.2, 0) is 14.3 Å². The molecule has 172 valence electrons. The summed E-state index contributed by atoms with van der Waals surface area (Å²) in [5.74, 6) is -0.535. The van der Waals surface area contributed by atoms with Gasteiger partial charge in [0.2, 0.25) is 11.8 Å². The fourth-order valence-corrected chi connectivity index (χ4v) is 2.67. The number of hydrogen-bond donors (Lipinski definition) is 4. The number of anilines is 3. The monoisotopic (exact) mass is 440 g/mol. The third kappa shape index (κ3) is 8.39. The van der Waals surface area contributed by atoms with E-state index in [1.807, 2.05) is 20.8 Å². The molecule has 2 aromatic rings. The quantitative estimate of drug-likeness (QED) is 0.423. The summed E-state index contributed by atoms with van der Waals surface area (Å²) in [4.78, 5) is 36.7. The third-order valence-electron chi connectivity index (χ3n) is 4.47. The zero-order valence-electron chi connectivity index (χ0n) is 19.1. The number of rotatable bonds is 10. The third-order valence-corrected chi connectivity index (χ3v) is 4.47. The maximum Gasteiger partial charge on any atom is 0.251 e. The number of ether oxygens (including phenoxy) is 1. The number of carbonyl (C=O) groups is 3. The van der Waals surface area contributed by atoms with E-state index in [-0.39, 0.29) is 24.3 Å². The minimum Gasteiger partial charge on any atom is -0.385 e. The minimum absolute atomic E-state index is 0.0253. The molecule has 3 amide bonds. The number of carbonyl (C=O) groups excluding carboxylic acids is 3. The zero-order valence-corrected chi connectivity index (χ0v) is 19.1. The van der Waals surface area contributed by atoms with E-state index in [9.17, 15) is 14.4 Å². The van der Waals surface area contributed by atoms with Crippen LogP contribution in [0.4, 0.5) is 17.1 Å². The highest BCUT2D eigenvalue weighted by Crippen LogP contribution is 2.20. The Bertz CT molecular complexity index is 938. The molecule has 32 heavy (non-hydrogen) atoms. The van der Waals surface area contributed by atoms with Gasteiger partial charge in [-0.15, -0.1) is 0 Å². The molecule has 0 heterocycles. The summed E-state index contributed by atoms with van der Waals surface area (Å²) in [6.45, 7) is 6.64. The Kier molecular flexibility index (Phi) is 9.22. The Morgan fingerprint density at radius 2 is 1.56 bits per heavy atom. The Hall–Kier alpha value is -3.39. The predicted octanol–water partition coefficient (Wildman–Crippen LogP) is 3.49. The Balaban J connectivity index is 1.87. The SMILES string of the molecule is COCCCNC(=O)c1cccc(NCC(=O)Nc2cccc(NC(=O)C(C)(C)C)c2)c1. The van der Waals surface area contributed by atoms with Crippen molar-refractivity contribution in [3.8, 4) is 0 Å². The van der Waals surface area contributed by atoms with Crippen molar-refractivity contribution in [3.63, 3.8) is 0 Å². The first-order valence-corrected chi connectivity index (χ1v) is 10.5. The average molecular weight is 441 g/mol. The van der Waals surface area contributed by atoms with Crippen molar-refractivity contribution in [1.29, 1.82) is 0 Å². The van der Waals surface area contributed by atoms with Gasteiger partial charge in [0.05, 0.1) is 6.54 Å². The van der Waals surface area contributed by atoms with Crippen LogP contribution in [0.3, 0.4) is 0 Å². The van der Waals surface area contributed by atoms with Gasteiger partial charge in [-0.3, -0.25) is 14.4 Å². The van der Waals surface area contributed by atoms with Crippen LogP contribution < -0.4 is 21.3 Å². The van der Waals surface area contributed by atoms with Gasteiger partial charge in [-0.05, 0) is 42.8 Å². The molecule has 0 atom stereocenters.